The topological polar surface area (TPSA) is 110 Å². The first-order valence-corrected chi connectivity index (χ1v) is 12.2. The van der Waals surface area contributed by atoms with Crippen molar-refractivity contribution >= 4 is 39.3 Å². The first-order valence-electron chi connectivity index (χ1n) is 10.4. The number of hydrogen-bond donors (Lipinski definition) is 1. The van der Waals surface area contributed by atoms with Gasteiger partial charge in [0.25, 0.3) is 0 Å². The lowest BCUT2D eigenvalue weighted by atomic mass is 10.1. The molecule has 2 rings (SSSR count). The molecule has 0 aliphatic heterocycles. The normalized spacial score (nSPS) is 11.3. The maximum absolute atomic E-state index is 12.8. The molecule has 0 aromatic heterocycles. The minimum atomic E-state index is -3.87. The molecule has 0 saturated carbocycles. The minimum Gasteiger partial charge on any atom is -0.454 e. The van der Waals surface area contributed by atoms with Crippen LogP contribution >= 0.6 is 11.6 Å². The molecule has 0 heterocycles. The molecule has 0 spiro atoms. The molecular formula is C23H27ClN2O6S. The molecule has 8 nitrogen and oxygen atoms in total. The van der Waals surface area contributed by atoms with E-state index in [1.807, 2.05) is 0 Å². The molecule has 178 valence electrons. The molecular weight excluding hydrogens is 468 g/mol. The lowest BCUT2D eigenvalue weighted by Crippen LogP contribution is -2.31. The number of Topliss-reactive ketones (excluding diaryl/α,β-unsaturated/α-hetero) is 1. The Balaban J connectivity index is 2.04. The Bertz CT molecular complexity index is 1110. The molecule has 0 bridgehead atoms. The number of sulfonamides is 1. The Hall–Kier alpha value is -2.75. The molecule has 33 heavy (non-hydrogen) atoms. The van der Waals surface area contributed by atoms with Gasteiger partial charge >= 0.3 is 5.97 Å². The van der Waals surface area contributed by atoms with Crippen LogP contribution in [-0.4, -0.2) is 56.6 Å². The number of amides is 1. The van der Waals surface area contributed by atoms with Gasteiger partial charge in [0.2, 0.25) is 15.9 Å². The van der Waals surface area contributed by atoms with Crippen LogP contribution in [0.3, 0.4) is 0 Å². The third-order valence-corrected chi connectivity index (χ3v) is 7.42. The Morgan fingerprint density at radius 1 is 1.00 bits per heavy atom. The summed E-state index contributed by atoms with van der Waals surface area (Å²) in [6.07, 6.45) is 0.623. The van der Waals surface area contributed by atoms with Crippen molar-refractivity contribution in [2.75, 3.05) is 26.2 Å². The third kappa shape index (κ3) is 7.12. The second-order valence-corrected chi connectivity index (χ2v) is 9.48. The van der Waals surface area contributed by atoms with Gasteiger partial charge in [-0.25, -0.2) is 13.2 Å². The van der Waals surface area contributed by atoms with Gasteiger partial charge in [-0.05, 0) is 30.2 Å². The molecule has 1 amide bonds. The van der Waals surface area contributed by atoms with E-state index in [0.717, 1.165) is 11.6 Å². The summed E-state index contributed by atoms with van der Waals surface area (Å²) in [7, 11) is -3.87. The summed E-state index contributed by atoms with van der Waals surface area (Å²) in [6, 6.07) is 10.6. The Kier molecular flexibility index (Phi) is 9.57. The van der Waals surface area contributed by atoms with E-state index >= 15 is 0 Å². The molecule has 0 aliphatic rings. The van der Waals surface area contributed by atoms with Gasteiger partial charge in [-0.3, -0.25) is 9.59 Å². The average Bonchev–Trinajstić information content (AvgIpc) is 2.78. The predicted octanol–water partition coefficient (Wildman–Crippen LogP) is 3.09. The molecule has 1 N–H and O–H groups in total. The predicted molar refractivity (Wildman–Crippen MR) is 125 cm³/mol. The van der Waals surface area contributed by atoms with Gasteiger partial charge in [0, 0.05) is 32.1 Å². The number of ketones is 1. The second-order valence-electron chi connectivity index (χ2n) is 7.16. The molecule has 0 radical (unpaired) electrons. The summed E-state index contributed by atoms with van der Waals surface area (Å²) in [5, 5.41) is 2.69. The van der Waals surface area contributed by atoms with Gasteiger partial charge in [-0.1, -0.05) is 49.7 Å². The van der Waals surface area contributed by atoms with Crippen LogP contribution in [0.25, 0.3) is 0 Å². The number of carbonyl (C=O) groups excluding carboxylic acids is 3. The van der Waals surface area contributed by atoms with Crippen molar-refractivity contribution < 1.29 is 27.5 Å². The van der Waals surface area contributed by atoms with E-state index in [0.29, 0.717) is 18.5 Å². The van der Waals surface area contributed by atoms with Crippen molar-refractivity contribution in [2.45, 2.75) is 32.1 Å². The van der Waals surface area contributed by atoms with E-state index in [1.54, 1.807) is 38.1 Å². The largest absolute Gasteiger partial charge is 0.454 e. The Morgan fingerprint density at radius 2 is 1.61 bits per heavy atom. The van der Waals surface area contributed by atoms with E-state index in [4.69, 9.17) is 16.3 Å². The standard InChI is InChI=1S/C23H27ClN2O6S/c1-4-26(5-2)33(30,31)22-14-19(10-11-20(22)24)23(29)32-15-21(28)18-8-6-17(7-9-18)12-13-25-16(3)27/h6-11,14H,4-5,12-13,15H2,1-3H3,(H,25,27). The van der Waals surface area contributed by atoms with Crippen LogP contribution in [-0.2, 0) is 26.0 Å². The van der Waals surface area contributed by atoms with E-state index in [2.05, 4.69) is 5.32 Å². The highest BCUT2D eigenvalue weighted by molar-refractivity contribution is 7.89. The summed E-state index contributed by atoms with van der Waals surface area (Å²) >= 11 is 6.08. The summed E-state index contributed by atoms with van der Waals surface area (Å²) in [4.78, 5) is 35.6. The zero-order valence-electron chi connectivity index (χ0n) is 18.8. The van der Waals surface area contributed by atoms with Gasteiger partial charge < -0.3 is 10.1 Å². The van der Waals surface area contributed by atoms with Crippen molar-refractivity contribution in [3.63, 3.8) is 0 Å². The van der Waals surface area contributed by atoms with Crippen LogP contribution in [0.4, 0.5) is 0 Å². The molecule has 0 atom stereocenters. The van der Waals surface area contributed by atoms with E-state index in [9.17, 15) is 22.8 Å². The number of carbonyl (C=O) groups is 3. The highest BCUT2D eigenvalue weighted by Crippen LogP contribution is 2.26. The summed E-state index contributed by atoms with van der Waals surface area (Å²) in [6.45, 7) is 5.35. The number of hydrogen-bond acceptors (Lipinski definition) is 6. The fraction of sp³-hybridized carbons (Fsp3) is 0.348. The summed E-state index contributed by atoms with van der Waals surface area (Å²) < 4.78 is 31.9. The fourth-order valence-electron chi connectivity index (χ4n) is 3.07. The molecule has 0 saturated heterocycles. The van der Waals surface area contributed by atoms with Crippen LogP contribution in [0.2, 0.25) is 5.02 Å². The Labute approximate surface area is 198 Å². The molecule has 0 aliphatic carbocycles. The minimum absolute atomic E-state index is 0.00637. The number of rotatable bonds is 11. The SMILES string of the molecule is CCN(CC)S(=O)(=O)c1cc(C(=O)OCC(=O)c2ccc(CCNC(C)=O)cc2)ccc1Cl. The molecule has 2 aromatic carbocycles. The van der Waals surface area contributed by atoms with Gasteiger partial charge in [0.1, 0.15) is 4.90 Å². The van der Waals surface area contributed by atoms with Crippen LogP contribution in [0.1, 0.15) is 47.1 Å². The molecule has 2 aromatic rings. The van der Waals surface area contributed by atoms with Crippen molar-refractivity contribution in [3.05, 3.63) is 64.2 Å². The van der Waals surface area contributed by atoms with Crippen LogP contribution < -0.4 is 5.32 Å². The summed E-state index contributed by atoms with van der Waals surface area (Å²) in [5.41, 5.74) is 1.29. The van der Waals surface area contributed by atoms with E-state index < -0.39 is 28.4 Å². The smallest absolute Gasteiger partial charge is 0.338 e. The highest BCUT2D eigenvalue weighted by Gasteiger charge is 2.26. The van der Waals surface area contributed by atoms with Crippen molar-refractivity contribution in [3.8, 4) is 0 Å². The van der Waals surface area contributed by atoms with Crippen molar-refractivity contribution in [1.29, 1.82) is 0 Å². The number of nitrogens with one attached hydrogen (secondary N) is 1. The number of esters is 1. The average molecular weight is 495 g/mol. The maximum atomic E-state index is 12.8. The number of benzene rings is 2. The number of halogens is 1. The molecule has 0 fully saturated rings. The fourth-order valence-corrected chi connectivity index (χ4v) is 5.03. The summed E-state index contributed by atoms with van der Waals surface area (Å²) in [5.74, 6) is -1.34. The molecule has 0 unspecified atom stereocenters. The maximum Gasteiger partial charge on any atom is 0.338 e. The van der Waals surface area contributed by atoms with Gasteiger partial charge in [-0.2, -0.15) is 4.31 Å². The lowest BCUT2D eigenvalue weighted by molar-refractivity contribution is -0.118. The van der Waals surface area contributed by atoms with Crippen LogP contribution in [0, 0.1) is 0 Å². The van der Waals surface area contributed by atoms with Gasteiger partial charge in [0.05, 0.1) is 10.6 Å². The van der Waals surface area contributed by atoms with Gasteiger partial charge in [-0.15, -0.1) is 0 Å². The second kappa shape index (κ2) is 11.9. The zero-order valence-corrected chi connectivity index (χ0v) is 20.3. The van der Waals surface area contributed by atoms with Crippen molar-refractivity contribution in [2.24, 2.45) is 0 Å². The quantitative estimate of drug-likeness (QED) is 0.379. The first kappa shape index (κ1) is 26.5. The van der Waals surface area contributed by atoms with Crippen molar-refractivity contribution in [1.82, 2.24) is 9.62 Å². The molecule has 10 heteroatoms. The monoisotopic (exact) mass is 494 g/mol. The highest BCUT2D eigenvalue weighted by atomic mass is 35.5. The zero-order chi connectivity index (χ0) is 24.6. The first-order chi connectivity index (χ1) is 15.6. The lowest BCUT2D eigenvalue weighted by Gasteiger charge is -2.19. The number of ether oxygens (including phenoxy) is 1. The Morgan fingerprint density at radius 3 is 2.18 bits per heavy atom. The van der Waals surface area contributed by atoms with E-state index in [-0.39, 0.29) is 34.5 Å². The van der Waals surface area contributed by atoms with Crippen LogP contribution in [0.15, 0.2) is 47.4 Å². The van der Waals surface area contributed by atoms with Gasteiger partial charge in [0.15, 0.2) is 12.4 Å². The number of nitrogens with zero attached hydrogens (tertiary/aromatic N) is 1. The van der Waals surface area contributed by atoms with Crippen LogP contribution in [0.5, 0.6) is 0 Å². The third-order valence-electron chi connectivity index (χ3n) is 4.89. The van der Waals surface area contributed by atoms with E-state index in [1.165, 1.54) is 23.4 Å².